The van der Waals surface area contributed by atoms with Crippen LogP contribution in [0.3, 0.4) is 0 Å². The number of nitrogens with zero attached hydrogens (tertiary/aromatic N) is 1. The van der Waals surface area contributed by atoms with Gasteiger partial charge in [0.2, 0.25) is 0 Å². The standard InChI is InChI=1S/C17H18ClNO3S/c18-13-5-4-6-15(11-13)23(21)12-14-7-8-16(22-14)17(20)19-9-2-1-3-10-19/h4-8,11H,1-3,9-10,12H2/t23-/m0/s1. The summed E-state index contributed by atoms with van der Waals surface area (Å²) in [5.41, 5.74) is 0. The summed E-state index contributed by atoms with van der Waals surface area (Å²) in [5.74, 6) is 1.02. The second-order valence-corrected chi connectivity index (χ2v) is 7.45. The van der Waals surface area contributed by atoms with Crippen LogP contribution in [-0.2, 0) is 16.6 Å². The third-order valence-corrected chi connectivity index (χ3v) is 5.41. The molecule has 1 atom stereocenters. The summed E-state index contributed by atoms with van der Waals surface area (Å²) >= 11 is 5.92. The van der Waals surface area contributed by atoms with Crippen LogP contribution in [0.4, 0.5) is 0 Å². The van der Waals surface area contributed by atoms with Crippen LogP contribution in [0.25, 0.3) is 0 Å². The first-order valence-corrected chi connectivity index (χ1v) is 9.35. The van der Waals surface area contributed by atoms with E-state index in [2.05, 4.69) is 0 Å². The molecule has 1 amide bonds. The minimum absolute atomic E-state index is 0.0792. The van der Waals surface area contributed by atoms with Crippen LogP contribution >= 0.6 is 11.6 Å². The normalized spacial score (nSPS) is 16.3. The Hall–Kier alpha value is -1.59. The zero-order chi connectivity index (χ0) is 16.2. The lowest BCUT2D eigenvalue weighted by Gasteiger charge is -2.25. The number of rotatable bonds is 4. The third-order valence-electron chi connectivity index (χ3n) is 3.85. The molecule has 1 saturated heterocycles. The lowest BCUT2D eigenvalue weighted by Crippen LogP contribution is -2.35. The molecule has 1 fully saturated rings. The number of benzene rings is 1. The molecule has 0 spiro atoms. The van der Waals surface area contributed by atoms with Gasteiger partial charge in [-0.3, -0.25) is 9.00 Å². The minimum atomic E-state index is -1.25. The maximum absolute atomic E-state index is 12.4. The Morgan fingerprint density at radius 3 is 2.70 bits per heavy atom. The lowest BCUT2D eigenvalue weighted by molar-refractivity contribution is 0.0690. The molecular formula is C17H18ClNO3S. The first-order chi connectivity index (χ1) is 11.1. The van der Waals surface area contributed by atoms with E-state index >= 15 is 0 Å². The molecule has 0 N–H and O–H groups in total. The van der Waals surface area contributed by atoms with Gasteiger partial charge < -0.3 is 9.32 Å². The SMILES string of the molecule is O=C(c1ccc(C[S@](=O)c2cccc(Cl)c2)o1)N1CCCCC1. The summed E-state index contributed by atoms with van der Waals surface area (Å²) in [6, 6.07) is 10.3. The van der Waals surface area contributed by atoms with E-state index in [0.29, 0.717) is 21.4 Å². The molecule has 1 aliphatic rings. The van der Waals surface area contributed by atoms with Crippen LogP contribution in [0.15, 0.2) is 45.7 Å². The second kappa shape index (κ2) is 7.32. The van der Waals surface area contributed by atoms with E-state index in [0.717, 1.165) is 25.9 Å². The Morgan fingerprint density at radius 2 is 1.96 bits per heavy atom. The molecule has 2 heterocycles. The summed E-state index contributed by atoms with van der Waals surface area (Å²) in [5, 5.41) is 0.552. The molecule has 1 aromatic carbocycles. The van der Waals surface area contributed by atoms with E-state index in [1.807, 2.05) is 4.90 Å². The van der Waals surface area contributed by atoms with Crippen molar-refractivity contribution in [3.63, 3.8) is 0 Å². The van der Waals surface area contributed by atoms with E-state index in [1.165, 1.54) is 6.42 Å². The molecule has 2 aromatic rings. The Bertz CT molecular complexity index is 722. The van der Waals surface area contributed by atoms with Gasteiger partial charge in [-0.1, -0.05) is 17.7 Å². The average molecular weight is 352 g/mol. The molecule has 122 valence electrons. The van der Waals surface area contributed by atoms with Crippen LogP contribution < -0.4 is 0 Å². The predicted molar refractivity (Wildman–Crippen MR) is 90.0 cm³/mol. The largest absolute Gasteiger partial charge is 0.455 e. The molecular weight excluding hydrogens is 334 g/mol. The second-order valence-electron chi connectivity index (χ2n) is 5.57. The van der Waals surface area contributed by atoms with Gasteiger partial charge in [0.05, 0.1) is 16.6 Å². The number of likely N-dealkylation sites (tertiary alicyclic amines) is 1. The molecule has 0 unspecified atom stereocenters. The molecule has 0 radical (unpaired) electrons. The predicted octanol–water partition coefficient (Wildman–Crippen LogP) is 3.87. The first-order valence-electron chi connectivity index (χ1n) is 7.65. The number of furan rings is 1. The maximum atomic E-state index is 12.4. The van der Waals surface area contributed by atoms with E-state index in [4.69, 9.17) is 16.0 Å². The highest BCUT2D eigenvalue weighted by Crippen LogP contribution is 2.20. The highest BCUT2D eigenvalue weighted by atomic mass is 35.5. The Balaban J connectivity index is 1.67. The van der Waals surface area contributed by atoms with Gasteiger partial charge in [-0.2, -0.15) is 0 Å². The van der Waals surface area contributed by atoms with Crippen LogP contribution in [0.5, 0.6) is 0 Å². The fourth-order valence-electron chi connectivity index (χ4n) is 2.64. The Labute approximate surface area is 142 Å². The van der Waals surface area contributed by atoms with Gasteiger partial charge in [0.1, 0.15) is 5.76 Å². The molecule has 1 aromatic heterocycles. The van der Waals surface area contributed by atoms with Crippen molar-refractivity contribution in [1.29, 1.82) is 0 Å². The summed E-state index contributed by atoms with van der Waals surface area (Å²) in [6.07, 6.45) is 3.25. The van der Waals surface area contributed by atoms with Gasteiger partial charge in [0.25, 0.3) is 5.91 Å². The molecule has 0 saturated carbocycles. The molecule has 0 aliphatic carbocycles. The van der Waals surface area contributed by atoms with E-state index < -0.39 is 10.8 Å². The first kappa shape index (κ1) is 16.3. The van der Waals surface area contributed by atoms with Crippen LogP contribution in [0, 0.1) is 0 Å². The van der Waals surface area contributed by atoms with Crippen molar-refractivity contribution in [3.05, 3.63) is 52.9 Å². The summed E-state index contributed by atoms with van der Waals surface area (Å²) in [4.78, 5) is 14.8. The molecule has 4 nitrogen and oxygen atoms in total. The van der Waals surface area contributed by atoms with Crippen LogP contribution in [-0.4, -0.2) is 28.1 Å². The van der Waals surface area contributed by atoms with Crippen molar-refractivity contribution in [1.82, 2.24) is 4.90 Å². The molecule has 3 rings (SSSR count). The maximum Gasteiger partial charge on any atom is 0.289 e. The fourth-order valence-corrected chi connectivity index (χ4v) is 3.97. The molecule has 1 aliphatic heterocycles. The molecule has 6 heteroatoms. The van der Waals surface area contributed by atoms with Gasteiger partial charge in [-0.15, -0.1) is 0 Å². The highest BCUT2D eigenvalue weighted by Gasteiger charge is 2.21. The van der Waals surface area contributed by atoms with Crippen molar-refractivity contribution in [2.75, 3.05) is 13.1 Å². The number of carbonyl (C=O) groups is 1. The smallest absolute Gasteiger partial charge is 0.289 e. The number of hydrogen-bond acceptors (Lipinski definition) is 3. The number of carbonyl (C=O) groups excluding carboxylic acids is 1. The number of hydrogen-bond donors (Lipinski definition) is 0. The van der Waals surface area contributed by atoms with Crippen molar-refractivity contribution in [2.45, 2.75) is 29.9 Å². The Kier molecular flexibility index (Phi) is 5.18. The van der Waals surface area contributed by atoms with Gasteiger partial charge in [-0.25, -0.2) is 0 Å². The van der Waals surface area contributed by atoms with Crippen molar-refractivity contribution in [2.24, 2.45) is 0 Å². The van der Waals surface area contributed by atoms with Crippen molar-refractivity contribution >= 4 is 28.3 Å². The van der Waals surface area contributed by atoms with Gasteiger partial charge in [0.15, 0.2) is 5.76 Å². The lowest BCUT2D eigenvalue weighted by atomic mass is 10.1. The zero-order valence-electron chi connectivity index (χ0n) is 12.7. The summed E-state index contributed by atoms with van der Waals surface area (Å²) < 4.78 is 17.9. The van der Waals surface area contributed by atoms with E-state index in [9.17, 15) is 9.00 Å². The van der Waals surface area contributed by atoms with Gasteiger partial charge in [0, 0.05) is 23.0 Å². The average Bonchev–Trinajstić information content (AvgIpc) is 3.03. The summed E-state index contributed by atoms with van der Waals surface area (Å²) in [7, 11) is -1.25. The van der Waals surface area contributed by atoms with Gasteiger partial charge >= 0.3 is 0 Å². The number of piperidine rings is 1. The van der Waals surface area contributed by atoms with Crippen LogP contribution in [0.2, 0.25) is 5.02 Å². The van der Waals surface area contributed by atoms with Gasteiger partial charge in [-0.05, 0) is 49.6 Å². The van der Waals surface area contributed by atoms with Crippen LogP contribution in [0.1, 0.15) is 35.6 Å². The monoisotopic (exact) mass is 351 g/mol. The topological polar surface area (TPSA) is 50.5 Å². The quantitative estimate of drug-likeness (QED) is 0.840. The van der Waals surface area contributed by atoms with Crippen molar-refractivity contribution in [3.8, 4) is 0 Å². The zero-order valence-corrected chi connectivity index (χ0v) is 14.2. The molecule has 0 bridgehead atoms. The fraction of sp³-hybridized carbons (Fsp3) is 0.353. The van der Waals surface area contributed by atoms with Crippen molar-refractivity contribution < 1.29 is 13.4 Å². The van der Waals surface area contributed by atoms with E-state index in [-0.39, 0.29) is 11.7 Å². The minimum Gasteiger partial charge on any atom is -0.455 e. The number of amides is 1. The highest BCUT2D eigenvalue weighted by molar-refractivity contribution is 7.84. The Morgan fingerprint density at radius 1 is 1.17 bits per heavy atom. The molecule has 23 heavy (non-hydrogen) atoms. The summed E-state index contributed by atoms with van der Waals surface area (Å²) in [6.45, 7) is 1.56. The third kappa shape index (κ3) is 4.03. The number of halogens is 1. The van der Waals surface area contributed by atoms with E-state index in [1.54, 1.807) is 36.4 Å².